The van der Waals surface area contributed by atoms with E-state index in [-0.39, 0.29) is 0 Å². The lowest BCUT2D eigenvalue weighted by Gasteiger charge is -2.14. The van der Waals surface area contributed by atoms with E-state index >= 15 is 0 Å². The van der Waals surface area contributed by atoms with Gasteiger partial charge in [-0.1, -0.05) is 43.2 Å². The van der Waals surface area contributed by atoms with Crippen LogP contribution in [0.15, 0.2) is 36.4 Å². The minimum Gasteiger partial charge on any atom is -0.366 e. The molecule has 2 aliphatic rings. The Morgan fingerprint density at radius 2 is 1.74 bits per heavy atom. The molecule has 2 aromatic rings. The molecule has 1 heterocycles. The molecule has 2 saturated carbocycles. The van der Waals surface area contributed by atoms with E-state index in [0.29, 0.717) is 12.0 Å². The number of nitrogens with zero attached hydrogens (tertiary/aromatic N) is 2. The summed E-state index contributed by atoms with van der Waals surface area (Å²) < 4.78 is 0. The van der Waals surface area contributed by atoms with Gasteiger partial charge in [0.15, 0.2) is 0 Å². The van der Waals surface area contributed by atoms with Crippen LogP contribution in [0, 0.1) is 0 Å². The molecule has 0 amide bonds. The molecule has 1 aromatic carbocycles. The standard InChI is InChI=1S/C19H24N4/c1-2-6-14(7-3-1)13-20-18-12-17(15-10-11-15)22-19(23-18)21-16-8-4-5-9-16/h1-3,6-7,12,15-16H,4-5,8-11,13H2,(H2,20,21,22,23). The molecule has 0 spiro atoms. The van der Waals surface area contributed by atoms with Crippen molar-refractivity contribution in [2.24, 2.45) is 0 Å². The quantitative estimate of drug-likeness (QED) is 0.834. The summed E-state index contributed by atoms with van der Waals surface area (Å²) >= 11 is 0. The molecule has 0 atom stereocenters. The summed E-state index contributed by atoms with van der Waals surface area (Å²) in [5, 5.41) is 7.00. The fourth-order valence-corrected chi connectivity index (χ4v) is 3.25. The average Bonchev–Trinajstić information content (AvgIpc) is 3.32. The van der Waals surface area contributed by atoms with Crippen LogP contribution in [0.3, 0.4) is 0 Å². The highest BCUT2D eigenvalue weighted by molar-refractivity contribution is 5.45. The maximum absolute atomic E-state index is 4.75. The van der Waals surface area contributed by atoms with Crippen molar-refractivity contribution in [3.63, 3.8) is 0 Å². The van der Waals surface area contributed by atoms with Crippen molar-refractivity contribution in [3.05, 3.63) is 47.7 Å². The van der Waals surface area contributed by atoms with Gasteiger partial charge in [-0.25, -0.2) is 4.98 Å². The smallest absolute Gasteiger partial charge is 0.225 e. The van der Waals surface area contributed by atoms with Gasteiger partial charge >= 0.3 is 0 Å². The first kappa shape index (κ1) is 14.5. The van der Waals surface area contributed by atoms with Crippen LogP contribution in [0.1, 0.15) is 55.7 Å². The van der Waals surface area contributed by atoms with Crippen LogP contribution >= 0.6 is 0 Å². The molecule has 1 aromatic heterocycles. The molecule has 0 bridgehead atoms. The summed E-state index contributed by atoms with van der Waals surface area (Å²) in [5.74, 6) is 2.38. The van der Waals surface area contributed by atoms with E-state index in [2.05, 4.69) is 45.9 Å². The van der Waals surface area contributed by atoms with Crippen molar-refractivity contribution >= 4 is 11.8 Å². The van der Waals surface area contributed by atoms with Gasteiger partial charge in [0.1, 0.15) is 5.82 Å². The summed E-state index contributed by atoms with van der Waals surface area (Å²) in [6, 6.07) is 13.1. The number of anilines is 2. The molecule has 0 unspecified atom stereocenters. The SMILES string of the molecule is c1ccc(CNc2cc(C3CC3)nc(NC3CCCC3)n2)cc1. The van der Waals surface area contributed by atoms with Gasteiger partial charge < -0.3 is 10.6 Å². The Morgan fingerprint density at radius 1 is 0.957 bits per heavy atom. The molecule has 0 saturated heterocycles. The highest BCUT2D eigenvalue weighted by Gasteiger charge is 2.26. The third-order valence-electron chi connectivity index (χ3n) is 4.75. The van der Waals surface area contributed by atoms with E-state index in [1.807, 2.05) is 6.07 Å². The molecule has 2 aliphatic carbocycles. The first-order chi connectivity index (χ1) is 11.4. The van der Waals surface area contributed by atoms with Crippen LogP contribution in [0.25, 0.3) is 0 Å². The van der Waals surface area contributed by atoms with Crippen molar-refractivity contribution in [2.45, 2.75) is 57.0 Å². The Kier molecular flexibility index (Phi) is 4.14. The Balaban J connectivity index is 1.49. The molecule has 4 heteroatoms. The highest BCUT2D eigenvalue weighted by atomic mass is 15.2. The number of benzene rings is 1. The van der Waals surface area contributed by atoms with E-state index < -0.39 is 0 Å². The van der Waals surface area contributed by atoms with Crippen molar-refractivity contribution in [3.8, 4) is 0 Å². The van der Waals surface area contributed by atoms with E-state index in [9.17, 15) is 0 Å². The summed E-state index contributed by atoms with van der Waals surface area (Å²) in [7, 11) is 0. The monoisotopic (exact) mass is 308 g/mol. The molecule has 2 fully saturated rings. The number of rotatable bonds is 6. The maximum Gasteiger partial charge on any atom is 0.225 e. The summed E-state index contributed by atoms with van der Waals surface area (Å²) in [6.45, 7) is 0.796. The molecule has 120 valence electrons. The highest BCUT2D eigenvalue weighted by Crippen LogP contribution is 2.40. The molecule has 23 heavy (non-hydrogen) atoms. The van der Waals surface area contributed by atoms with E-state index in [1.165, 1.54) is 49.8 Å². The predicted octanol–water partition coefficient (Wildman–Crippen LogP) is 4.32. The first-order valence-corrected chi connectivity index (χ1v) is 8.80. The van der Waals surface area contributed by atoms with Gasteiger partial charge in [-0.3, -0.25) is 0 Å². The molecule has 0 radical (unpaired) electrons. The van der Waals surface area contributed by atoms with Crippen molar-refractivity contribution in [2.75, 3.05) is 10.6 Å². The summed E-state index contributed by atoms with van der Waals surface area (Å²) in [5.41, 5.74) is 2.46. The minimum absolute atomic E-state index is 0.548. The van der Waals surface area contributed by atoms with Crippen molar-refractivity contribution in [1.29, 1.82) is 0 Å². The van der Waals surface area contributed by atoms with Gasteiger partial charge in [-0.15, -0.1) is 0 Å². The third kappa shape index (κ3) is 3.81. The lowest BCUT2D eigenvalue weighted by atomic mass is 10.2. The fourth-order valence-electron chi connectivity index (χ4n) is 3.25. The lowest BCUT2D eigenvalue weighted by Crippen LogP contribution is -2.17. The topological polar surface area (TPSA) is 49.8 Å². The zero-order valence-corrected chi connectivity index (χ0v) is 13.5. The molecule has 2 N–H and O–H groups in total. The predicted molar refractivity (Wildman–Crippen MR) is 93.7 cm³/mol. The van der Waals surface area contributed by atoms with Crippen LogP contribution in [0.2, 0.25) is 0 Å². The van der Waals surface area contributed by atoms with Crippen LogP contribution in [0.5, 0.6) is 0 Å². The average molecular weight is 308 g/mol. The molecular weight excluding hydrogens is 284 g/mol. The van der Waals surface area contributed by atoms with Crippen molar-refractivity contribution in [1.82, 2.24) is 9.97 Å². The number of nitrogens with one attached hydrogen (secondary N) is 2. The normalized spacial score (nSPS) is 18.1. The van der Waals surface area contributed by atoms with Gasteiger partial charge in [-0.05, 0) is 31.2 Å². The Morgan fingerprint density at radius 3 is 2.48 bits per heavy atom. The van der Waals surface area contributed by atoms with Crippen LogP contribution in [0.4, 0.5) is 11.8 Å². The van der Waals surface area contributed by atoms with E-state index in [1.54, 1.807) is 0 Å². The molecule has 4 rings (SSSR count). The van der Waals surface area contributed by atoms with Gasteiger partial charge in [0.05, 0.1) is 5.69 Å². The first-order valence-electron chi connectivity index (χ1n) is 8.80. The fraction of sp³-hybridized carbons (Fsp3) is 0.474. The zero-order chi connectivity index (χ0) is 15.5. The maximum atomic E-state index is 4.75. The Hall–Kier alpha value is -2.10. The number of aromatic nitrogens is 2. The van der Waals surface area contributed by atoms with Crippen LogP contribution in [-0.2, 0) is 6.54 Å². The number of hydrogen-bond acceptors (Lipinski definition) is 4. The molecule has 0 aliphatic heterocycles. The van der Waals surface area contributed by atoms with Crippen molar-refractivity contribution < 1.29 is 0 Å². The second-order valence-corrected chi connectivity index (χ2v) is 6.74. The van der Waals surface area contributed by atoms with E-state index in [4.69, 9.17) is 4.98 Å². The van der Waals surface area contributed by atoms with Crippen LogP contribution in [-0.4, -0.2) is 16.0 Å². The number of hydrogen-bond donors (Lipinski definition) is 2. The molecular formula is C19H24N4. The van der Waals surface area contributed by atoms with Gasteiger partial charge in [0, 0.05) is 24.6 Å². The minimum atomic E-state index is 0.548. The van der Waals surface area contributed by atoms with Crippen LogP contribution < -0.4 is 10.6 Å². The third-order valence-corrected chi connectivity index (χ3v) is 4.75. The summed E-state index contributed by atoms with van der Waals surface area (Å²) in [4.78, 5) is 9.44. The second-order valence-electron chi connectivity index (χ2n) is 6.74. The zero-order valence-electron chi connectivity index (χ0n) is 13.5. The lowest BCUT2D eigenvalue weighted by molar-refractivity contribution is 0.741. The second kappa shape index (κ2) is 6.57. The molecule has 4 nitrogen and oxygen atoms in total. The van der Waals surface area contributed by atoms with E-state index in [0.717, 1.165) is 18.3 Å². The van der Waals surface area contributed by atoms with Gasteiger partial charge in [0.25, 0.3) is 0 Å². The Labute approximate surface area is 137 Å². The van der Waals surface area contributed by atoms with Gasteiger partial charge in [0.2, 0.25) is 5.95 Å². The van der Waals surface area contributed by atoms with Gasteiger partial charge in [-0.2, -0.15) is 4.98 Å². The Bertz CT molecular complexity index is 646. The summed E-state index contributed by atoms with van der Waals surface area (Å²) in [6.07, 6.45) is 7.64. The largest absolute Gasteiger partial charge is 0.366 e.